The number of likely N-dealkylation sites (tertiary alicyclic amines) is 1. The number of carboxylic acids is 1. The van der Waals surface area contributed by atoms with Crippen molar-refractivity contribution in [3.05, 3.63) is 35.4 Å². The van der Waals surface area contributed by atoms with Crippen LogP contribution in [0.2, 0.25) is 0 Å². The molecular weight excluding hydrogens is 376 g/mol. The summed E-state index contributed by atoms with van der Waals surface area (Å²) < 4.78 is 37.2. The van der Waals surface area contributed by atoms with Crippen LogP contribution in [0.15, 0.2) is 18.2 Å². The fourth-order valence-corrected chi connectivity index (χ4v) is 3.05. The monoisotopic (exact) mass is 399 g/mol. The highest BCUT2D eigenvalue weighted by atomic mass is 19.1. The maximum absolute atomic E-state index is 13.9. The van der Waals surface area contributed by atoms with E-state index in [1.807, 2.05) is 0 Å². The Hall–Kier alpha value is -2.71. The van der Waals surface area contributed by atoms with E-state index in [-0.39, 0.29) is 24.9 Å². The second kappa shape index (κ2) is 8.99. The highest BCUT2D eigenvalue weighted by Gasteiger charge is 2.41. The normalized spacial score (nSPS) is 20.1. The van der Waals surface area contributed by atoms with Crippen LogP contribution in [0.4, 0.5) is 13.6 Å². The Morgan fingerprint density at radius 2 is 1.89 bits per heavy atom. The summed E-state index contributed by atoms with van der Waals surface area (Å²) in [5.41, 5.74) is 0.114. The number of carbonyl (C=O) groups excluding carboxylic acids is 2. The minimum atomic E-state index is -1.23. The van der Waals surface area contributed by atoms with Crippen molar-refractivity contribution in [2.24, 2.45) is 11.8 Å². The third kappa shape index (κ3) is 5.40. The van der Waals surface area contributed by atoms with Gasteiger partial charge >= 0.3 is 18.0 Å². The predicted octanol–water partition coefficient (Wildman–Crippen LogP) is 2.96. The van der Waals surface area contributed by atoms with Gasteiger partial charge in [0, 0.05) is 13.5 Å². The average molecular weight is 399 g/mol. The van der Waals surface area contributed by atoms with Gasteiger partial charge in [0.1, 0.15) is 17.7 Å². The van der Waals surface area contributed by atoms with E-state index in [0.717, 1.165) is 23.1 Å². The molecule has 1 aromatic carbocycles. The number of hydrogen-bond donors (Lipinski definition) is 1. The van der Waals surface area contributed by atoms with Crippen molar-refractivity contribution >= 4 is 18.0 Å². The second-order valence-corrected chi connectivity index (χ2v) is 7.09. The molecule has 2 rings (SSSR count). The molecule has 1 N–H and O–H groups in total. The molecule has 7 nitrogen and oxygen atoms in total. The predicted molar refractivity (Wildman–Crippen MR) is 93.2 cm³/mol. The fourth-order valence-electron chi connectivity index (χ4n) is 3.05. The molecular formula is C19H23F2NO6. The van der Waals surface area contributed by atoms with E-state index in [4.69, 9.17) is 9.47 Å². The molecule has 0 aromatic heterocycles. The number of aliphatic carboxylic acids is 1. The molecule has 9 heteroatoms. The van der Waals surface area contributed by atoms with E-state index in [0.29, 0.717) is 0 Å². The number of carboxylic acid groups (broad SMARTS) is 1. The zero-order chi connectivity index (χ0) is 21.0. The van der Waals surface area contributed by atoms with Crippen LogP contribution in [-0.4, -0.2) is 46.9 Å². The van der Waals surface area contributed by atoms with Crippen LogP contribution in [0.3, 0.4) is 0 Å². The van der Waals surface area contributed by atoms with Gasteiger partial charge in [0.25, 0.3) is 0 Å². The lowest BCUT2D eigenvalue weighted by atomic mass is 9.96. The number of benzene rings is 1. The summed E-state index contributed by atoms with van der Waals surface area (Å²) in [7, 11) is 0. The summed E-state index contributed by atoms with van der Waals surface area (Å²) in [5, 5.41) is 9.40. The summed E-state index contributed by atoms with van der Waals surface area (Å²) in [4.78, 5) is 36.4. The molecule has 0 radical (unpaired) electrons. The molecule has 0 unspecified atom stereocenters. The van der Waals surface area contributed by atoms with Gasteiger partial charge in [-0.1, -0.05) is 13.8 Å². The number of halogens is 2. The smallest absolute Gasteiger partial charge is 0.413 e. The van der Waals surface area contributed by atoms with Crippen LogP contribution in [0, 0.1) is 23.5 Å². The number of nitrogens with zero attached hydrogens (tertiary/aromatic N) is 1. The Bertz CT molecular complexity index is 754. The molecule has 154 valence electrons. The van der Waals surface area contributed by atoms with E-state index < -0.39 is 53.8 Å². The number of esters is 1. The van der Waals surface area contributed by atoms with Crippen LogP contribution < -0.4 is 0 Å². The summed E-state index contributed by atoms with van der Waals surface area (Å²) in [6.45, 7) is 4.59. The minimum absolute atomic E-state index is 0.00337. The third-order valence-corrected chi connectivity index (χ3v) is 4.44. The van der Waals surface area contributed by atoms with E-state index in [9.17, 15) is 28.3 Å². The molecule has 1 saturated heterocycles. The SMILES string of the molecule is CC(C)C(=O)O[C@H](C)OC(=O)N1C[C@@H](Cc2cc(F)ccc2F)C[C@H]1C(=O)O. The lowest BCUT2D eigenvalue weighted by molar-refractivity contribution is -0.170. The van der Waals surface area contributed by atoms with Gasteiger partial charge in [0.15, 0.2) is 0 Å². The first-order chi connectivity index (χ1) is 13.1. The number of carbonyl (C=O) groups is 3. The van der Waals surface area contributed by atoms with E-state index in [1.165, 1.54) is 6.92 Å². The van der Waals surface area contributed by atoms with Crippen LogP contribution in [-0.2, 0) is 25.5 Å². The fraction of sp³-hybridized carbons (Fsp3) is 0.526. The van der Waals surface area contributed by atoms with Gasteiger partial charge < -0.3 is 14.6 Å². The van der Waals surface area contributed by atoms with Gasteiger partial charge in [-0.15, -0.1) is 0 Å². The van der Waals surface area contributed by atoms with Crippen LogP contribution in [0.1, 0.15) is 32.8 Å². The Morgan fingerprint density at radius 3 is 2.50 bits per heavy atom. The highest BCUT2D eigenvalue weighted by Crippen LogP contribution is 2.28. The minimum Gasteiger partial charge on any atom is -0.480 e. The van der Waals surface area contributed by atoms with Crippen molar-refractivity contribution in [1.29, 1.82) is 0 Å². The summed E-state index contributed by atoms with van der Waals surface area (Å²) >= 11 is 0. The average Bonchev–Trinajstić information content (AvgIpc) is 3.02. The molecule has 28 heavy (non-hydrogen) atoms. The third-order valence-electron chi connectivity index (χ3n) is 4.44. The van der Waals surface area contributed by atoms with Crippen LogP contribution in [0.25, 0.3) is 0 Å². The topological polar surface area (TPSA) is 93.1 Å². The molecule has 0 aliphatic carbocycles. The largest absolute Gasteiger partial charge is 0.480 e. The zero-order valence-corrected chi connectivity index (χ0v) is 15.9. The Kier molecular flexibility index (Phi) is 6.93. The maximum Gasteiger partial charge on any atom is 0.413 e. The van der Waals surface area contributed by atoms with Crippen molar-refractivity contribution < 1.29 is 37.7 Å². The van der Waals surface area contributed by atoms with Crippen molar-refractivity contribution in [2.75, 3.05) is 6.54 Å². The first kappa shape index (κ1) is 21.6. The molecule has 0 bridgehead atoms. The molecule has 1 heterocycles. The lowest BCUT2D eigenvalue weighted by Crippen LogP contribution is -2.42. The Labute approximate surface area is 161 Å². The number of amides is 1. The van der Waals surface area contributed by atoms with Crippen LogP contribution in [0.5, 0.6) is 0 Å². The van der Waals surface area contributed by atoms with Crippen molar-refractivity contribution in [3.63, 3.8) is 0 Å². The second-order valence-electron chi connectivity index (χ2n) is 7.09. The van der Waals surface area contributed by atoms with E-state index >= 15 is 0 Å². The molecule has 1 aliphatic heterocycles. The van der Waals surface area contributed by atoms with Gasteiger partial charge in [-0.2, -0.15) is 0 Å². The Morgan fingerprint density at radius 1 is 1.21 bits per heavy atom. The van der Waals surface area contributed by atoms with Gasteiger partial charge in [-0.3, -0.25) is 9.69 Å². The molecule has 0 spiro atoms. The van der Waals surface area contributed by atoms with Gasteiger partial charge in [0.05, 0.1) is 5.92 Å². The van der Waals surface area contributed by atoms with E-state index in [1.54, 1.807) is 13.8 Å². The number of hydrogen-bond acceptors (Lipinski definition) is 5. The standard InChI is InChI=1S/C19H23F2NO6/c1-10(2)18(25)27-11(3)28-19(26)22-9-12(7-16(22)17(23)24)6-13-8-14(20)4-5-15(13)21/h4-5,8,10-12,16H,6-7,9H2,1-3H3,(H,23,24)/t11-,12-,16-/m0/s1. The van der Waals surface area contributed by atoms with Gasteiger partial charge in [0.2, 0.25) is 6.29 Å². The quantitative estimate of drug-likeness (QED) is 0.584. The van der Waals surface area contributed by atoms with Crippen molar-refractivity contribution in [2.45, 2.75) is 45.9 Å². The van der Waals surface area contributed by atoms with E-state index in [2.05, 4.69) is 0 Å². The maximum atomic E-state index is 13.9. The molecule has 3 atom stereocenters. The Balaban J connectivity index is 2.04. The molecule has 1 aliphatic rings. The summed E-state index contributed by atoms with van der Waals surface area (Å²) in [6.07, 6.45) is -1.98. The van der Waals surface area contributed by atoms with Crippen molar-refractivity contribution in [3.8, 4) is 0 Å². The first-order valence-corrected chi connectivity index (χ1v) is 8.93. The summed E-state index contributed by atoms with van der Waals surface area (Å²) in [5.74, 6) is -3.78. The van der Waals surface area contributed by atoms with Gasteiger partial charge in [-0.05, 0) is 42.5 Å². The molecule has 1 amide bonds. The zero-order valence-electron chi connectivity index (χ0n) is 15.9. The summed E-state index contributed by atoms with van der Waals surface area (Å²) in [6, 6.07) is 1.89. The number of rotatable bonds is 6. The van der Waals surface area contributed by atoms with Crippen LogP contribution >= 0.6 is 0 Å². The van der Waals surface area contributed by atoms with Gasteiger partial charge in [-0.25, -0.2) is 18.4 Å². The molecule has 0 saturated carbocycles. The lowest BCUT2D eigenvalue weighted by Gasteiger charge is -2.23. The molecule has 1 fully saturated rings. The van der Waals surface area contributed by atoms with Crippen molar-refractivity contribution in [1.82, 2.24) is 4.90 Å². The first-order valence-electron chi connectivity index (χ1n) is 8.93. The number of ether oxygens (including phenoxy) is 2. The molecule has 1 aromatic rings. The highest BCUT2D eigenvalue weighted by molar-refractivity contribution is 5.81.